The lowest BCUT2D eigenvalue weighted by Gasteiger charge is -2.18. The molecule has 6 heteroatoms. The number of esters is 3. The average Bonchev–Trinajstić information content (AvgIpc) is 3.40. The molecule has 0 spiro atoms. The van der Waals surface area contributed by atoms with Gasteiger partial charge in [0.15, 0.2) is 6.10 Å². The molecule has 0 fully saturated rings. The summed E-state index contributed by atoms with van der Waals surface area (Å²) in [4.78, 5) is 38.2. The summed E-state index contributed by atoms with van der Waals surface area (Å²) in [7, 11) is 0. The molecule has 0 aromatic rings. The summed E-state index contributed by atoms with van der Waals surface area (Å²) in [5, 5.41) is 0. The predicted octanol–water partition coefficient (Wildman–Crippen LogP) is 22.6. The summed E-state index contributed by atoms with van der Waals surface area (Å²) in [6.45, 7) is 6.68. The van der Waals surface area contributed by atoms with E-state index in [0.717, 1.165) is 64.2 Å². The van der Waals surface area contributed by atoms with Crippen molar-refractivity contribution in [2.24, 2.45) is 0 Å². The molecule has 6 nitrogen and oxygen atoms in total. The van der Waals surface area contributed by atoms with Crippen molar-refractivity contribution >= 4 is 17.9 Å². The molecule has 0 N–H and O–H groups in total. The van der Waals surface area contributed by atoms with Gasteiger partial charge in [-0.05, 0) is 51.4 Å². The molecule has 1 unspecified atom stereocenters. The molecule has 0 rings (SSSR count). The number of rotatable bonds is 62. The molecule has 74 heavy (non-hydrogen) atoms. The van der Waals surface area contributed by atoms with Gasteiger partial charge in [-0.2, -0.15) is 0 Å². The highest BCUT2D eigenvalue weighted by Gasteiger charge is 2.19. The Morgan fingerprint density at radius 1 is 0.270 bits per heavy atom. The molecule has 0 radical (unpaired) electrons. The van der Waals surface area contributed by atoms with Gasteiger partial charge in [0.1, 0.15) is 13.2 Å². The van der Waals surface area contributed by atoms with E-state index in [9.17, 15) is 14.4 Å². The van der Waals surface area contributed by atoms with Crippen LogP contribution in [-0.2, 0) is 28.6 Å². The number of hydrogen-bond donors (Lipinski definition) is 0. The molecule has 0 heterocycles. The van der Waals surface area contributed by atoms with Crippen molar-refractivity contribution in [1.82, 2.24) is 0 Å². The highest BCUT2D eigenvalue weighted by atomic mass is 16.6. The van der Waals surface area contributed by atoms with Gasteiger partial charge in [-0.25, -0.2) is 0 Å². The first kappa shape index (κ1) is 71.9. The van der Waals surface area contributed by atoms with E-state index in [4.69, 9.17) is 14.2 Å². The largest absolute Gasteiger partial charge is 0.462 e. The molecular formula is C68H128O6. The summed E-state index contributed by atoms with van der Waals surface area (Å²) < 4.78 is 16.9. The fourth-order valence-electron chi connectivity index (χ4n) is 10.2. The fraction of sp³-hybridized carbons (Fsp3) is 0.897. The summed E-state index contributed by atoms with van der Waals surface area (Å²) in [6, 6.07) is 0. The van der Waals surface area contributed by atoms with E-state index >= 15 is 0 Å². The van der Waals surface area contributed by atoms with Crippen molar-refractivity contribution in [2.45, 2.75) is 380 Å². The zero-order valence-corrected chi connectivity index (χ0v) is 50.1. The monoisotopic (exact) mass is 1040 g/mol. The Morgan fingerprint density at radius 2 is 0.486 bits per heavy atom. The predicted molar refractivity (Wildman–Crippen MR) is 321 cm³/mol. The van der Waals surface area contributed by atoms with Crippen LogP contribution in [0.1, 0.15) is 374 Å². The molecule has 0 aliphatic rings. The lowest BCUT2D eigenvalue weighted by atomic mass is 10.0. The van der Waals surface area contributed by atoms with Crippen LogP contribution in [-0.4, -0.2) is 37.2 Å². The van der Waals surface area contributed by atoms with Crippen molar-refractivity contribution in [3.05, 3.63) is 24.3 Å². The summed E-state index contributed by atoms with van der Waals surface area (Å²) >= 11 is 0. The van der Waals surface area contributed by atoms with Crippen molar-refractivity contribution in [2.75, 3.05) is 13.2 Å². The molecule has 0 saturated carbocycles. The Bertz CT molecular complexity index is 1190. The Kier molecular flexibility index (Phi) is 61.6. The van der Waals surface area contributed by atoms with Gasteiger partial charge in [-0.1, -0.05) is 328 Å². The molecular weight excluding hydrogens is 913 g/mol. The lowest BCUT2D eigenvalue weighted by molar-refractivity contribution is -0.167. The van der Waals surface area contributed by atoms with E-state index in [1.54, 1.807) is 0 Å². The number of hydrogen-bond acceptors (Lipinski definition) is 6. The van der Waals surface area contributed by atoms with Gasteiger partial charge in [0.05, 0.1) is 0 Å². The Morgan fingerprint density at radius 3 is 0.743 bits per heavy atom. The quantitative estimate of drug-likeness (QED) is 0.0261. The van der Waals surface area contributed by atoms with E-state index in [2.05, 4.69) is 45.1 Å². The van der Waals surface area contributed by atoms with Crippen LogP contribution >= 0.6 is 0 Å². The van der Waals surface area contributed by atoms with Gasteiger partial charge >= 0.3 is 17.9 Å². The Hall–Kier alpha value is -2.11. The molecule has 0 saturated heterocycles. The first-order valence-electron chi connectivity index (χ1n) is 33.3. The third-order valence-electron chi connectivity index (χ3n) is 15.2. The molecule has 0 amide bonds. The third-order valence-corrected chi connectivity index (χ3v) is 15.2. The van der Waals surface area contributed by atoms with Crippen LogP contribution in [0, 0.1) is 0 Å². The summed E-state index contributed by atoms with van der Waals surface area (Å²) in [5.74, 6) is -0.844. The lowest BCUT2D eigenvalue weighted by Crippen LogP contribution is -2.30. The normalized spacial score (nSPS) is 12.1. The van der Waals surface area contributed by atoms with Crippen LogP contribution < -0.4 is 0 Å². The van der Waals surface area contributed by atoms with Gasteiger partial charge < -0.3 is 14.2 Å². The minimum Gasteiger partial charge on any atom is -0.462 e. The second kappa shape index (κ2) is 63.4. The maximum Gasteiger partial charge on any atom is 0.306 e. The van der Waals surface area contributed by atoms with Crippen LogP contribution in [0.3, 0.4) is 0 Å². The van der Waals surface area contributed by atoms with E-state index < -0.39 is 6.10 Å². The topological polar surface area (TPSA) is 78.9 Å². The highest BCUT2D eigenvalue weighted by Crippen LogP contribution is 2.18. The SMILES string of the molecule is CCCCCCC/C=C\C/C=C\CCCCCCCCCCCCCC(=O)OC(COC(=O)CCCCCCCCCCC)COC(=O)CCCCCCCCCCCCCCCCCCCCCCCCCC. The van der Waals surface area contributed by atoms with Crippen molar-refractivity contribution in [3.8, 4) is 0 Å². The molecule has 0 bridgehead atoms. The van der Waals surface area contributed by atoms with E-state index in [1.165, 1.54) is 270 Å². The maximum atomic E-state index is 12.9. The third kappa shape index (κ3) is 60.8. The molecule has 0 aliphatic carbocycles. The second-order valence-electron chi connectivity index (χ2n) is 22.7. The minimum absolute atomic E-state index is 0.0659. The first-order chi connectivity index (χ1) is 36.5. The zero-order chi connectivity index (χ0) is 53.6. The number of carbonyl (C=O) groups is 3. The number of allylic oxidation sites excluding steroid dienone is 4. The second-order valence-corrected chi connectivity index (χ2v) is 22.7. The first-order valence-corrected chi connectivity index (χ1v) is 33.3. The van der Waals surface area contributed by atoms with Crippen LogP contribution in [0.25, 0.3) is 0 Å². The molecule has 1 atom stereocenters. The van der Waals surface area contributed by atoms with Gasteiger partial charge in [0, 0.05) is 19.3 Å². The van der Waals surface area contributed by atoms with Gasteiger partial charge in [-0.3, -0.25) is 14.4 Å². The molecule has 0 aromatic carbocycles. The Balaban J connectivity index is 4.14. The van der Waals surface area contributed by atoms with E-state index in [1.807, 2.05) is 0 Å². The van der Waals surface area contributed by atoms with E-state index in [-0.39, 0.29) is 31.1 Å². The van der Waals surface area contributed by atoms with Crippen LogP contribution in [0.4, 0.5) is 0 Å². The highest BCUT2D eigenvalue weighted by molar-refractivity contribution is 5.71. The van der Waals surface area contributed by atoms with Crippen LogP contribution in [0.5, 0.6) is 0 Å². The molecule has 0 aliphatic heterocycles. The van der Waals surface area contributed by atoms with Gasteiger partial charge in [-0.15, -0.1) is 0 Å². The number of carbonyl (C=O) groups excluding carboxylic acids is 3. The van der Waals surface area contributed by atoms with Gasteiger partial charge in [0.25, 0.3) is 0 Å². The fourth-order valence-corrected chi connectivity index (χ4v) is 10.2. The number of ether oxygens (including phenoxy) is 3. The van der Waals surface area contributed by atoms with Gasteiger partial charge in [0.2, 0.25) is 0 Å². The maximum absolute atomic E-state index is 12.9. The Labute approximate surface area is 462 Å². The number of unbranched alkanes of at least 4 members (excludes halogenated alkanes) is 47. The van der Waals surface area contributed by atoms with Crippen molar-refractivity contribution in [3.63, 3.8) is 0 Å². The van der Waals surface area contributed by atoms with Crippen molar-refractivity contribution in [1.29, 1.82) is 0 Å². The van der Waals surface area contributed by atoms with Crippen LogP contribution in [0.15, 0.2) is 24.3 Å². The smallest absolute Gasteiger partial charge is 0.306 e. The van der Waals surface area contributed by atoms with Crippen molar-refractivity contribution < 1.29 is 28.6 Å². The summed E-state index contributed by atoms with van der Waals surface area (Å²) in [6.07, 6.45) is 76.4. The standard InChI is InChI=1S/C68H128O6/c1-4-7-10-13-16-19-21-23-25-27-29-31-33-35-36-38-40-42-44-46-49-52-55-58-61-67(70)73-64-65(63-72-66(69)60-57-54-51-48-18-15-12-9-6-3)74-68(71)62-59-56-53-50-47-45-43-41-39-37-34-32-30-28-26-24-22-20-17-14-11-8-5-2/h22,24,28,30,65H,4-21,23,25-27,29,31-64H2,1-3H3/b24-22-,30-28-. The summed E-state index contributed by atoms with van der Waals surface area (Å²) in [5.41, 5.74) is 0. The minimum atomic E-state index is -0.767. The average molecular weight is 1040 g/mol. The zero-order valence-electron chi connectivity index (χ0n) is 50.1. The molecule has 436 valence electrons. The van der Waals surface area contributed by atoms with E-state index in [0.29, 0.717) is 19.3 Å². The van der Waals surface area contributed by atoms with Crippen LogP contribution in [0.2, 0.25) is 0 Å². The molecule has 0 aromatic heterocycles.